The summed E-state index contributed by atoms with van der Waals surface area (Å²) in [6.45, 7) is 20.1. The number of halogens is 1. The molecule has 2 atom stereocenters. The number of benzene rings is 2. The van der Waals surface area contributed by atoms with Gasteiger partial charge in [0.15, 0.2) is 0 Å². The van der Waals surface area contributed by atoms with E-state index in [2.05, 4.69) is 79.5 Å². The van der Waals surface area contributed by atoms with Gasteiger partial charge in [-0.25, -0.2) is 0 Å². The van der Waals surface area contributed by atoms with Crippen LogP contribution in [0.15, 0.2) is 35.8 Å². The molecule has 4 rings (SSSR count). The van der Waals surface area contributed by atoms with E-state index >= 15 is 0 Å². The van der Waals surface area contributed by atoms with Gasteiger partial charge in [0.1, 0.15) is 11.5 Å². The Morgan fingerprint density at radius 3 is 1.53 bits per heavy atom. The Morgan fingerprint density at radius 1 is 0.755 bits per heavy atom. The third kappa shape index (κ3) is 9.41. The molecule has 268 valence electrons. The molecule has 2 aliphatic rings. The highest BCUT2D eigenvalue weighted by atomic mass is 35.5. The Balaban J connectivity index is 0.000000303. The Labute approximate surface area is 307 Å². The van der Waals surface area contributed by atoms with Gasteiger partial charge in [0.25, 0.3) is 16.3 Å². The summed E-state index contributed by atoms with van der Waals surface area (Å²) in [5, 5.41) is 16.5. The molecule has 2 aliphatic heterocycles. The van der Waals surface area contributed by atoms with Crippen molar-refractivity contribution in [1.29, 1.82) is 0 Å². The van der Waals surface area contributed by atoms with Crippen LogP contribution in [-0.4, -0.2) is 52.0 Å². The fourth-order valence-corrected chi connectivity index (χ4v) is 6.22. The molecule has 0 spiro atoms. The van der Waals surface area contributed by atoms with E-state index in [1.807, 2.05) is 41.5 Å². The Morgan fingerprint density at radius 2 is 1.16 bits per heavy atom. The van der Waals surface area contributed by atoms with Crippen molar-refractivity contribution in [3.8, 4) is 0 Å². The molecular weight excluding hydrogens is 680 g/mol. The van der Waals surface area contributed by atoms with E-state index in [-0.39, 0.29) is 27.3 Å². The van der Waals surface area contributed by atoms with Crippen molar-refractivity contribution >= 4 is 68.7 Å². The molecule has 2 unspecified atom stereocenters. The maximum atomic E-state index is 12.8. The molecule has 11 heteroatoms. The fraction of sp³-hybridized carbons (Fsp3) is 0.474. The van der Waals surface area contributed by atoms with E-state index in [0.717, 1.165) is 46.2 Å². The van der Waals surface area contributed by atoms with Gasteiger partial charge in [-0.05, 0) is 124 Å². The van der Waals surface area contributed by atoms with Crippen LogP contribution >= 0.6 is 36.0 Å². The van der Waals surface area contributed by atoms with Crippen LogP contribution in [0.25, 0.3) is 11.1 Å². The standard InChI is InChI=1S/C19H25NO3S.C17H23NO2.C2H3ClOS/c1-7-13-10-11(3)9-12(4)14(13)15-16(23-18(24)22-6)19(5,8-2)20-17(15)21;1-6-12-9-10(3)8-11(4)13(12)14-15(19)17(5,7-2)18-16(14)20;1-4-2(3)5/h9-10H,7-8H2,1-6H3,(H,20,21);8-9,19H,6-7H2,1-5H3,(H,18,20);1H3. The highest BCUT2D eigenvalue weighted by Crippen LogP contribution is 2.40. The van der Waals surface area contributed by atoms with Crippen LogP contribution in [0.5, 0.6) is 0 Å². The Hall–Kier alpha value is -3.47. The van der Waals surface area contributed by atoms with Gasteiger partial charge in [0.05, 0.1) is 36.4 Å². The number of methoxy groups -OCH3 is 2. The van der Waals surface area contributed by atoms with E-state index in [1.165, 1.54) is 25.3 Å². The maximum absolute atomic E-state index is 12.8. The number of carbonyl (C=O) groups excluding carboxylic acids is 2. The number of hydrogen-bond donors (Lipinski definition) is 3. The lowest BCUT2D eigenvalue weighted by Gasteiger charge is -2.26. The smallest absolute Gasteiger partial charge is 0.357 e. The molecule has 0 aromatic heterocycles. The number of rotatable bonds is 7. The van der Waals surface area contributed by atoms with Crippen LogP contribution in [0.2, 0.25) is 0 Å². The average molecular weight is 731 g/mol. The minimum absolute atomic E-state index is 0.0153. The van der Waals surface area contributed by atoms with E-state index in [9.17, 15) is 14.7 Å². The van der Waals surface area contributed by atoms with Gasteiger partial charge in [0, 0.05) is 12.2 Å². The summed E-state index contributed by atoms with van der Waals surface area (Å²) in [7, 11) is 2.89. The largest absolute Gasteiger partial charge is 0.509 e. The van der Waals surface area contributed by atoms with E-state index in [0.29, 0.717) is 29.7 Å². The third-order valence-corrected chi connectivity index (χ3v) is 9.60. The molecule has 2 aromatic carbocycles. The molecule has 2 heterocycles. The van der Waals surface area contributed by atoms with Crippen LogP contribution in [0.3, 0.4) is 0 Å². The highest BCUT2D eigenvalue weighted by Gasteiger charge is 2.44. The number of aliphatic hydroxyl groups excluding tert-OH is 1. The van der Waals surface area contributed by atoms with Crippen molar-refractivity contribution in [2.24, 2.45) is 0 Å². The van der Waals surface area contributed by atoms with Gasteiger partial charge >= 0.3 is 5.24 Å². The first-order valence-electron chi connectivity index (χ1n) is 16.4. The van der Waals surface area contributed by atoms with Crippen molar-refractivity contribution < 1.29 is 28.9 Å². The first-order valence-corrected chi connectivity index (χ1v) is 17.6. The summed E-state index contributed by atoms with van der Waals surface area (Å²) in [5.74, 6) is 0.415. The quantitative estimate of drug-likeness (QED) is 0.193. The third-order valence-electron chi connectivity index (χ3n) is 9.03. The molecule has 0 fully saturated rings. The molecule has 2 aromatic rings. The van der Waals surface area contributed by atoms with E-state index < -0.39 is 11.1 Å². The molecular formula is C38H51ClN2O6S2. The first-order chi connectivity index (χ1) is 22.9. The van der Waals surface area contributed by atoms with Gasteiger partial charge < -0.3 is 30.0 Å². The Kier molecular flexibility index (Phi) is 14.9. The van der Waals surface area contributed by atoms with Crippen LogP contribution in [0.4, 0.5) is 0 Å². The number of nitrogens with one attached hydrogen (secondary N) is 2. The predicted octanol–water partition coefficient (Wildman–Crippen LogP) is 8.41. The van der Waals surface area contributed by atoms with Gasteiger partial charge in [-0.3, -0.25) is 9.59 Å². The fourth-order valence-electron chi connectivity index (χ4n) is 6.14. The second-order valence-corrected chi connectivity index (χ2v) is 13.9. The molecule has 0 bridgehead atoms. The Bertz CT molecular complexity index is 1680. The summed E-state index contributed by atoms with van der Waals surface area (Å²) in [6.07, 6.45) is 3.03. The zero-order valence-electron chi connectivity index (χ0n) is 30.8. The highest BCUT2D eigenvalue weighted by molar-refractivity contribution is 7.82. The number of aryl methyl sites for hydroxylation is 6. The molecule has 0 aliphatic carbocycles. The number of aliphatic hydroxyl groups is 1. The number of hydrogen-bond acceptors (Lipinski definition) is 8. The van der Waals surface area contributed by atoms with Crippen LogP contribution in [-0.2, 0) is 36.6 Å². The minimum atomic E-state index is -0.644. The topological polar surface area (TPSA) is 106 Å². The zero-order valence-corrected chi connectivity index (χ0v) is 33.2. The number of amides is 2. The van der Waals surface area contributed by atoms with Crippen LogP contribution in [0, 0.1) is 27.7 Å². The van der Waals surface area contributed by atoms with Crippen molar-refractivity contribution in [1.82, 2.24) is 10.6 Å². The van der Waals surface area contributed by atoms with Crippen molar-refractivity contribution in [3.63, 3.8) is 0 Å². The van der Waals surface area contributed by atoms with Crippen LogP contribution in [0.1, 0.15) is 98.9 Å². The lowest BCUT2D eigenvalue weighted by Crippen LogP contribution is -2.41. The number of thiocarbonyl (C=S) groups is 2. The van der Waals surface area contributed by atoms with Crippen molar-refractivity contribution in [2.45, 2.75) is 106 Å². The molecule has 0 radical (unpaired) electrons. The molecule has 2 amide bonds. The maximum Gasteiger partial charge on any atom is 0.357 e. The molecule has 3 N–H and O–H groups in total. The molecule has 0 saturated heterocycles. The average Bonchev–Trinajstić information content (AvgIpc) is 3.43. The SMILES string of the molecule is CCc1cc(C)cc(C)c1C1=C(O)C(C)(CC)NC1=O.CCc1cc(C)cc(C)c1C1=C(OC(=S)OC)C(C)(CC)NC1=O.COC(=S)Cl. The minimum Gasteiger partial charge on any atom is -0.509 e. The van der Waals surface area contributed by atoms with Gasteiger partial charge in [-0.15, -0.1) is 0 Å². The normalized spacial score (nSPS) is 19.7. The monoisotopic (exact) mass is 730 g/mol. The summed E-state index contributed by atoms with van der Waals surface area (Å²) < 4.78 is 15.1. The number of ether oxygens (including phenoxy) is 3. The number of carbonyl (C=O) groups is 2. The summed E-state index contributed by atoms with van der Waals surface area (Å²) in [4.78, 5) is 25.1. The first kappa shape index (κ1) is 41.7. The molecule has 0 saturated carbocycles. The van der Waals surface area contributed by atoms with Gasteiger partial charge in [-0.2, -0.15) is 0 Å². The predicted molar refractivity (Wildman–Crippen MR) is 207 cm³/mol. The summed E-state index contributed by atoms with van der Waals surface area (Å²) in [6, 6.07) is 8.36. The van der Waals surface area contributed by atoms with Crippen molar-refractivity contribution in [3.05, 3.63) is 80.3 Å². The van der Waals surface area contributed by atoms with Crippen LogP contribution < -0.4 is 10.6 Å². The summed E-state index contributed by atoms with van der Waals surface area (Å²) >= 11 is 14.3. The van der Waals surface area contributed by atoms with E-state index in [4.69, 9.17) is 33.3 Å². The lowest BCUT2D eigenvalue weighted by molar-refractivity contribution is -0.116. The second kappa shape index (κ2) is 17.5. The van der Waals surface area contributed by atoms with Gasteiger partial charge in [0.2, 0.25) is 0 Å². The van der Waals surface area contributed by atoms with E-state index in [1.54, 1.807) is 0 Å². The molecule has 49 heavy (non-hydrogen) atoms. The molecule has 8 nitrogen and oxygen atoms in total. The van der Waals surface area contributed by atoms with Gasteiger partial charge in [-0.1, -0.05) is 63.1 Å². The van der Waals surface area contributed by atoms with Crippen molar-refractivity contribution in [2.75, 3.05) is 14.2 Å². The zero-order chi connectivity index (χ0) is 37.4. The second-order valence-electron chi connectivity index (χ2n) is 12.6. The lowest BCUT2D eigenvalue weighted by atomic mass is 9.89. The summed E-state index contributed by atoms with van der Waals surface area (Å²) in [5.41, 5.74) is 8.29.